The van der Waals surface area contributed by atoms with Gasteiger partial charge in [0.25, 0.3) is 0 Å². The highest BCUT2D eigenvalue weighted by Gasteiger charge is 2.15. The Morgan fingerprint density at radius 1 is 1.45 bits per heavy atom. The summed E-state index contributed by atoms with van der Waals surface area (Å²) in [6.45, 7) is 1.05. The van der Waals surface area contributed by atoms with E-state index in [0.29, 0.717) is 24.6 Å². The minimum atomic E-state index is -1.13. The van der Waals surface area contributed by atoms with Crippen LogP contribution in [0.25, 0.3) is 0 Å². The molecule has 1 rings (SSSR count). The third kappa shape index (κ3) is 4.71. The second-order valence-electron chi connectivity index (χ2n) is 4.19. The Balaban J connectivity index is 2.74. The first-order chi connectivity index (χ1) is 9.45. The predicted molar refractivity (Wildman–Crippen MR) is 76.6 cm³/mol. The van der Waals surface area contributed by atoms with Crippen molar-refractivity contribution >= 4 is 29.3 Å². The Bertz CT molecular complexity index is 493. The molecule has 0 aliphatic rings. The molecule has 0 spiro atoms. The highest BCUT2D eigenvalue weighted by Crippen LogP contribution is 2.21. The van der Waals surface area contributed by atoms with Gasteiger partial charge in [-0.3, -0.25) is 0 Å². The van der Waals surface area contributed by atoms with Crippen molar-refractivity contribution in [1.29, 1.82) is 0 Å². The lowest BCUT2D eigenvalue weighted by atomic mass is 10.2. The van der Waals surface area contributed by atoms with Crippen molar-refractivity contribution in [2.45, 2.75) is 6.42 Å². The van der Waals surface area contributed by atoms with Crippen molar-refractivity contribution in [2.24, 2.45) is 0 Å². The number of anilines is 1. The third-order valence-electron chi connectivity index (χ3n) is 2.64. The van der Waals surface area contributed by atoms with Crippen molar-refractivity contribution in [3.05, 3.63) is 28.8 Å². The number of nitrogens with zero attached hydrogens (tertiary/aromatic N) is 1. The SMILES string of the molecule is COCCCN(C)C(=O)Nc1cc(Cl)ccc1C(=O)O. The fourth-order valence-corrected chi connectivity index (χ4v) is 1.74. The number of halogens is 1. The van der Waals surface area contributed by atoms with Gasteiger partial charge in [-0.2, -0.15) is 0 Å². The number of amides is 2. The van der Waals surface area contributed by atoms with Gasteiger partial charge in [-0.25, -0.2) is 9.59 Å². The van der Waals surface area contributed by atoms with Crippen LogP contribution in [0.1, 0.15) is 16.8 Å². The summed E-state index contributed by atoms with van der Waals surface area (Å²) in [4.78, 5) is 24.5. The van der Waals surface area contributed by atoms with Crippen LogP contribution in [0, 0.1) is 0 Å². The Morgan fingerprint density at radius 3 is 2.75 bits per heavy atom. The van der Waals surface area contributed by atoms with Gasteiger partial charge in [0.05, 0.1) is 11.3 Å². The predicted octanol–water partition coefficient (Wildman–Crippen LogP) is 2.54. The summed E-state index contributed by atoms with van der Waals surface area (Å²) in [7, 11) is 3.21. The highest BCUT2D eigenvalue weighted by molar-refractivity contribution is 6.31. The third-order valence-corrected chi connectivity index (χ3v) is 2.88. The molecular formula is C13H17ClN2O4. The number of ether oxygens (including phenoxy) is 1. The van der Waals surface area contributed by atoms with E-state index in [1.165, 1.54) is 23.1 Å². The van der Waals surface area contributed by atoms with Gasteiger partial charge in [0.15, 0.2) is 0 Å². The zero-order chi connectivity index (χ0) is 15.1. The molecule has 0 atom stereocenters. The van der Waals surface area contributed by atoms with E-state index in [1.54, 1.807) is 14.2 Å². The van der Waals surface area contributed by atoms with Crippen LogP contribution < -0.4 is 5.32 Å². The summed E-state index contributed by atoms with van der Waals surface area (Å²) in [5.41, 5.74) is 0.168. The molecule has 0 fully saturated rings. The molecule has 0 aromatic heterocycles. The molecule has 0 aliphatic heterocycles. The van der Waals surface area contributed by atoms with E-state index < -0.39 is 12.0 Å². The smallest absolute Gasteiger partial charge is 0.337 e. The largest absolute Gasteiger partial charge is 0.478 e. The maximum Gasteiger partial charge on any atom is 0.337 e. The van der Waals surface area contributed by atoms with Crippen LogP contribution in [0.3, 0.4) is 0 Å². The Hall–Kier alpha value is -1.79. The van der Waals surface area contributed by atoms with Crippen molar-refractivity contribution in [1.82, 2.24) is 4.90 Å². The molecular weight excluding hydrogens is 284 g/mol. The molecule has 0 aliphatic carbocycles. The summed E-state index contributed by atoms with van der Waals surface area (Å²) >= 11 is 5.81. The number of nitrogens with one attached hydrogen (secondary N) is 1. The van der Waals surface area contributed by atoms with E-state index in [9.17, 15) is 9.59 Å². The first-order valence-corrected chi connectivity index (χ1v) is 6.37. The zero-order valence-corrected chi connectivity index (χ0v) is 12.1. The van der Waals surface area contributed by atoms with Crippen LogP contribution in [0.4, 0.5) is 10.5 Å². The molecule has 1 aromatic rings. The van der Waals surface area contributed by atoms with Crippen LogP contribution in [-0.2, 0) is 4.74 Å². The lowest BCUT2D eigenvalue weighted by Crippen LogP contribution is -2.33. The maximum absolute atomic E-state index is 11.9. The molecule has 0 radical (unpaired) electrons. The van der Waals surface area contributed by atoms with Crippen molar-refractivity contribution in [3.63, 3.8) is 0 Å². The van der Waals surface area contributed by atoms with Crippen molar-refractivity contribution < 1.29 is 19.4 Å². The van der Waals surface area contributed by atoms with Gasteiger partial charge in [0.1, 0.15) is 0 Å². The normalized spacial score (nSPS) is 10.2. The second-order valence-corrected chi connectivity index (χ2v) is 4.63. The van der Waals surface area contributed by atoms with Crippen LogP contribution in [0.5, 0.6) is 0 Å². The number of carbonyl (C=O) groups excluding carboxylic acids is 1. The number of rotatable bonds is 6. The molecule has 0 unspecified atom stereocenters. The quantitative estimate of drug-likeness (QED) is 0.791. The fraction of sp³-hybridized carbons (Fsp3) is 0.385. The summed E-state index contributed by atoms with van der Waals surface area (Å²) in [5, 5.41) is 12.0. The molecule has 0 bridgehead atoms. The number of carboxylic acids is 1. The number of carboxylic acid groups (broad SMARTS) is 1. The summed E-state index contributed by atoms with van der Waals surface area (Å²) in [6.07, 6.45) is 0.696. The Kier molecular flexibility index (Phi) is 6.27. The van der Waals surface area contributed by atoms with Gasteiger partial charge in [0.2, 0.25) is 0 Å². The number of carbonyl (C=O) groups is 2. The highest BCUT2D eigenvalue weighted by atomic mass is 35.5. The summed E-state index contributed by atoms with van der Waals surface area (Å²) in [6, 6.07) is 3.82. The van der Waals surface area contributed by atoms with E-state index in [-0.39, 0.29) is 11.3 Å². The van der Waals surface area contributed by atoms with Gasteiger partial charge in [-0.15, -0.1) is 0 Å². The molecule has 2 amide bonds. The number of hydrogen-bond donors (Lipinski definition) is 2. The first-order valence-electron chi connectivity index (χ1n) is 5.99. The molecule has 2 N–H and O–H groups in total. The molecule has 0 saturated carbocycles. The van der Waals surface area contributed by atoms with E-state index in [1.807, 2.05) is 0 Å². The molecule has 0 saturated heterocycles. The molecule has 1 aromatic carbocycles. The monoisotopic (exact) mass is 300 g/mol. The molecule has 7 heteroatoms. The van der Waals surface area contributed by atoms with Crippen LogP contribution >= 0.6 is 11.6 Å². The average molecular weight is 301 g/mol. The van der Waals surface area contributed by atoms with Crippen molar-refractivity contribution in [2.75, 3.05) is 32.6 Å². The topological polar surface area (TPSA) is 78.9 Å². The zero-order valence-electron chi connectivity index (χ0n) is 11.4. The average Bonchev–Trinajstić information content (AvgIpc) is 2.38. The van der Waals surface area contributed by atoms with E-state index in [0.717, 1.165) is 0 Å². The van der Waals surface area contributed by atoms with Gasteiger partial charge in [0, 0.05) is 32.3 Å². The molecule has 6 nitrogen and oxygen atoms in total. The molecule has 110 valence electrons. The lowest BCUT2D eigenvalue weighted by molar-refractivity contribution is 0.0698. The number of aromatic carboxylic acids is 1. The number of benzene rings is 1. The minimum Gasteiger partial charge on any atom is -0.478 e. The Morgan fingerprint density at radius 2 is 2.15 bits per heavy atom. The minimum absolute atomic E-state index is 0.00644. The summed E-state index contributed by atoms with van der Waals surface area (Å²) in [5.74, 6) is -1.13. The summed E-state index contributed by atoms with van der Waals surface area (Å²) < 4.78 is 4.90. The van der Waals surface area contributed by atoms with Gasteiger partial charge >= 0.3 is 12.0 Å². The Labute approximate surface area is 122 Å². The van der Waals surface area contributed by atoms with E-state index in [2.05, 4.69) is 5.32 Å². The lowest BCUT2D eigenvalue weighted by Gasteiger charge is -2.18. The first kappa shape index (κ1) is 16.3. The number of hydrogen-bond acceptors (Lipinski definition) is 3. The maximum atomic E-state index is 11.9. The van der Waals surface area contributed by atoms with E-state index >= 15 is 0 Å². The molecule has 0 heterocycles. The van der Waals surface area contributed by atoms with Gasteiger partial charge < -0.3 is 20.1 Å². The van der Waals surface area contributed by atoms with E-state index in [4.69, 9.17) is 21.4 Å². The van der Waals surface area contributed by atoms with Gasteiger partial charge in [-0.05, 0) is 24.6 Å². The van der Waals surface area contributed by atoms with Crippen LogP contribution in [-0.4, -0.2) is 49.3 Å². The molecule has 20 heavy (non-hydrogen) atoms. The second kappa shape index (κ2) is 7.72. The number of urea groups is 1. The standard InChI is InChI=1S/C13H17ClN2O4/c1-16(6-3-7-20-2)13(19)15-11-8-9(14)4-5-10(11)12(17)18/h4-5,8H,3,6-7H2,1-2H3,(H,15,19)(H,17,18). The van der Waals surface area contributed by atoms with Gasteiger partial charge in [-0.1, -0.05) is 11.6 Å². The number of methoxy groups -OCH3 is 1. The van der Waals surface area contributed by atoms with Crippen molar-refractivity contribution in [3.8, 4) is 0 Å². The van der Waals surface area contributed by atoms with Crippen LogP contribution in [0.2, 0.25) is 5.02 Å². The fourth-order valence-electron chi connectivity index (χ4n) is 1.56. The van der Waals surface area contributed by atoms with Crippen LogP contribution in [0.15, 0.2) is 18.2 Å².